The Balaban J connectivity index is 0.00000242. The average molecular weight is 353 g/mol. The van der Waals surface area contributed by atoms with Crippen molar-refractivity contribution in [3.63, 3.8) is 0 Å². The number of carbonyl (C=O) groups excluding carboxylic acids is 1. The second kappa shape index (κ2) is 7.45. The first-order chi connectivity index (χ1) is 9.86. The summed E-state index contributed by atoms with van der Waals surface area (Å²) in [6.45, 7) is 4.60. The predicted octanol–water partition coefficient (Wildman–Crippen LogP) is 1.14. The van der Waals surface area contributed by atoms with E-state index in [4.69, 9.17) is 4.42 Å². The van der Waals surface area contributed by atoms with E-state index in [1.807, 2.05) is 0 Å². The molecule has 2 N–H and O–H groups in total. The third kappa shape index (κ3) is 3.81. The summed E-state index contributed by atoms with van der Waals surface area (Å²) in [7, 11) is -2.62. The van der Waals surface area contributed by atoms with Gasteiger partial charge in [0.25, 0.3) is 0 Å². The number of hydrogen-bond acceptors (Lipinski definition) is 6. The summed E-state index contributed by atoms with van der Waals surface area (Å²) in [5.41, 5.74) is -0.0311. The Morgan fingerprint density at radius 1 is 1.27 bits per heavy atom. The molecule has 0 radical (unpaired) electrons. The summed E-state index contributed by atoms with van der Waals surface area (Å²) in [5.74, 6) is -0.283. The van der Waals surface area contributed by atoms with Crippen LogP contribution in [0.25, 0.3) is 0 Å². The van der Waals surface area contributed by atoms with E-state index < -0.39 is 16.0 Å². The van der Waals surface area contributed by atoms with Gasteiger partial charge in [-0.05, 0) is 39.8 Å². The number of furan rings is 1. The molecule has 0 saturated carbocycles. The Morgan fingerprint density at radius 2 is 1.86 bits per heavy atom. The molecule has 0 amide bonds. The summed E-state index contributed by atoms with van der Waals surface area (Å²) in [4.78, 5) is 11.7. The van der Waals surface area contributed by atoms with E-state index in [0.717, 1.165) is 13.1 Å². The lowest BCUT2D eigenvalue weighted by molar-refractivity contribution is 0.0595. The van der Waals surface area contributed by atoms with E-state index >= 15 is 0 Å². The van der Waals surface area contributed by atoms with Crippen LogP contribution in [0.1, 0.15) is 34.7 Å². The smallest absolute Gasteiger partial charge is 0.342 e. The molecule has 1 aromatic rings. The first-order valence-electron chi connectivity index (χ1n) is 6.78. The van der Waals surface area contributed by atoms with Crippen LogP contribution in [0.4, 0.5) is 0 Å². The van der Waals surface area contributed by atoms with Crippen LogP contribution >= 0.6 is 12.4 Å². The first-order valence-corrected chi connectivity index (χ1v) is 8.26. The summed E-state index contributed by atoms with van der Waals surface area (Å²) in [6, 6.07) is -0.142. The molecule has 1 aliphatic heterocycles. The molecule has 0 bridgehead atoms. The fourth-order valence-corrected chi connectivity index (χ4v) is 4.25. The number of rotatable bonds is 4. The van der Waals surface area contributed by atoms with E-state index in [-0.39, 0.29) is 40.4 Å². The van der Waals surface area contributed by atoms with Gasteiger partial charge in [0.1, 0.15) is 22.0 Å². The molecule has 1 fully saturated rings. The molecule has 9 heteroatoms. The Bertz CT molecular complexity index is 635. The van der Waals surface area contributed by atoms with Crippen molar-refractivity contribution in [1.29, 1.82) is 0 Å². The maximum Gasteiger partial charge on any atom is 0.342 e. The summed E-state index contributed by atoms with van der Waals surface area (Å²) in [5, 5.41) is 3.17. The molecule has 1 aliphatic rings. The van der Waals surface area contributed by atoms with Crippen LogP contribution in [0.2, 0.25) is 0 Å². The second-order valence-corrected chi connectivity index (χ2v) is 6.71. The van der Waals surface area contributed by atoms with Crippen LogP contribution in [0.15, 0.2) is 9.31 Å². The molecule has 0 unspecified atom stereocenters. The lowest BCUT2D eigenvalue weighted by Gasteiger charge is -2.23. The number of piperidine rings is 1. The molecular formula is C13H21ClN2O5S. The zero-order chi connectivity index (χ0) is 15.6. The van der Waals surface area contributed by atoms with Gasteiger partial charge in [-0.3, -0.25) is 0 Å². The number of aryl methyl sites for hydroxylation is 2. The van der Waals surface area contributed by atoms with Crippen LogP contribution in [0.3, 0.4) is 0 Å². The number of hydrogen-bond donors (Lipinski definition) is 2. The number of ether oxygens (including phenoxy) is 1. The number of methoxy groups -OCH3 is 1. The fourth-order valence-electron chi connectivity index (χ4n) is 2.54. The van der Waals surface area contributed by atoms with E-state index in [2.05, 4.69) is 14.8 Å². The van der Waals surface area contributed by atoms with Crippen molar-refractivity contribution in [1.82, 2.24) is 10.0 Å². The number of halogens is 1. The molecule has 0 aromatic carbocycles. The standard InChI is InChI=1S/C13H20N2O5S.ClH/c1-8-11(13(16)19-3)12(9(2)20-8)21(17,18)15-10-4-6-14-7-5-10;/h10,14-15H,4-7H2,1-3H3;1H. The quantitative estimate of drug-likeness (QED) is 0.788. The van der Waals surface area contributed by atoms with Crippen molar-refractivity contribution in [2.75, 3.05) is 20.2 Å². The monoisotopic (exact) mass is 352 g/mol. The number of nitrogens with one attached hydrogen (secondary N) is 2. The van der Waals surface area contributed by atoms with Gasteiger partial charge >= 0.3 is 5.97 Å². The van der Waals surface area contributed by atoms with Crippen LogP contribution in [0, 0.1) is 13.8 Å². The Hall–Kier alpha value is -1.09. The third-order valence-electron chi connectivity index (χ3n) is 3.52. The minimum absolute atomic E-state index is 0. The molecule has 2 rings (SSSR count). The van der Waals surface area contributed by atoms with Crippen molar-refractivity contribution in [3.05, 3.63) is 17.1 Å². The van der Waals surface area contributed by atoms with Gasteiger partial charge in [-0.1, -0.05) is 0 Å². The van der Waals surface area contributed by atoms with Crippen molar-refractivity contribution in [2.24, 2.45) is 0 Å². The maximum absolute atomic E-state index is 12.6. The number of carbonyl (C=O) groups is 1. The molecule has 0 atom stereocenters. The van der Waals surface area contributed by atoms with Crippen LogP contribution < -0.4 is 10.0 Å². The van der Waals surface area contributed by atoms with Crippen molar-refractivity contribution < 1.29 is 22.4 Å². The molecule has 1 saturated heterocycles. The topological polar surface area (TPSA) is 97.6 Å². The highest BCUT2D eigenvalue weighted by atomic mass is 35.5. The molecule has 22 heavy (non-hydrogen) atoms. The lowest BCUT2D eigenvalue weighted by Crippen LogP contribution is -2.43. The van der Waals surface area contributed by atoms with E-state index in [0.29, 0.717) is 12.8 Å². The van der Waals surface area contributed by atoms with Gasteiger partial charge in [0.05, 0.1) is 7.11 Å². The molecule has 1 aromatic heterocycles. The fraction of sp³-hybridized carbons (Fsp3) is 0.615. The van der Waals surface area contributed by atoms with Gasteiger partial charge in [0.15, 0.2) is 0 Å². The predicted molar refractivity (Wildman–Crippen MR) is 83.0 cm³/mol. The molecular weight excluding hydrogens is 332 g/mol. The van der Waals surface area contributed by atoms with Crippen LogP contribution in [-0.4, -0.2) is 40.6 Å². The SMILES string of the molecule is COC(=O)c1c(C)oc(C)c1S(=O)(=O)NC1CCNCC1.Cl. The molecule has 7 nitrogen and oxygen atoms in total. The third-order valence-corrected chi connectivity index (χ3v) is 5.20. The van der Waals surface area contributed by atoms with Gasteiger partial charge in [-0.2, -0.15) is 0 Å². The Labute approximate surface area is 136 Å². The average Bonchev–Trinajstić information content (AvgIpc) is 2.74. The van der Waals surface area contributed by atoms with Crippen molar-refractivity contribution in [2.45, 2.75) is 37.6 Å². The van der Waals surface area contributed by atoms with Crippen molar-refractivity contribution >= 4 is 28.4 Å². The van der Waals surface area contributed by atoms with E-state index in [1.54, 1.807) is 6.92 Å². The van der Waals surface area contributed by atoms with Gasteiger partial charge in [0.2, 0.25) is 10.0 Å². The van der Waals surface area contributed by atoms with Gasteiger partial charge in [0, 0.05) is 6.04 Å². The highest BCUT2D eigenvalue weighted by Gasteiger charge is 2.33. The minimum Gasteiger partial charge on any atom is -0.465 e. The molecule has 0 spiro atoms. The Kier molecular flexibility index (Phi) is 6.42. The van der Waals surface area contributed by atoms with Gasteiger partial charge < -0.3 is 14.5 Å². The molecule has 126 valence electrons. The van der Waals surface area contributed by atoms with E-state index in [1.165, 1.54) is 14.0 Å². The summed E-state index contributed by atoms with van der Waals surface area (Å²) >= 11 is 0. The maximum atomic E-state index is 12.6. The second-order valence-electron chi connectivity index (χ2n) is 5.06. The largest absolute Gasteiger partial charge is 0.465 e. The van der Waals surface area contributed by atoms with Gasteiger partial charge in [-0.25, -0.2) is 17.9 Å². The number of esters is 1. The highest BCUT2D eigenvalue weighted by molar-refractivity contribution is 7.89. The van der Waals surface area contributed by atoms with E-state index in [9.17, 15) is 13.2 Å². The summed E-state index contributed by atoms with van der Waals surface area (Å²) in [6.07, 6.45) is 1.42. The van der Waals surface area contributed by atoms with Crippen molar-refractivity contribution in [3.8, 4) is 0 Å². The van der Waals surface area contributed by atoms with Gasteiger partial charge in [-0.15, -0.1) is 12.4 Å². The molecule has 0 aliphatic carbocycles. The number of sulfonamides is 1. The minimum atomic E-state index is -3.83. The summed E-state index contributed by atoms with van der Waals surface area (Å²) < 4.78 is 37.8. The zero-order valence-corrected chi connectivity index (χ0v) is 14.4. The highest BCUT2D eigenvalue weighted by Crippen LogP contribution is 2.27. The lowest BCUT2D eigenvalue weighted by atomic mass is 10.1. The normalized spacial score (nSPS) is 16.1. The van der Waals surface area contributed by atoms with Crippen LogP contribution in [0.5, 0.6) is 0 Å². The first kappa shape index (κ1) is 19.0. The van der Waals surface area contributed by atoms with Crippen LogP contribution in [-0.2, 0) is 14.8 Å². The Morgan fingerprint density at radius 3 is 2.41 bits per heavy atom. The zero-order valence-electron chi connectivity index (χ0n) is 12.8. The molecule has 2 heterocycles.